The molecular formula is C71H108O6. The molecule has 0 amide bonds. The third-order valence-electron chi connectivity index (χ3n) is 11.9. The molecule has 0 rings (SSSR count). The summed E-state index contributed by atoms with van der Waals surface area (Å²) < 4.78 is 16.8. The van der Waals surface area contributed by atoms with Crippen LogP contribution >= 0.6 is 0 Å². The highest BCUT2D eigenvalue weighted by Gasteiger charge is 2.19. The minimum Gasteiger partial charge on any atom is -0.462 e. The molecule has 0 aliphatic heterocycles. The Hall–Kier alpha value is -5.49. The van der Waals surface area contributed by atoms with Crippen LogP contribution in [0.1, 0.15) is 226 Å². The van der Waals surface area contributed by atoms with E-state index in [0.29, 0.717) is 12.8 Å². The summed E-state index contributed by atoms with van der Waals surface area (Å²) in [6.45, 7) is 6.21. The van der Waals surface area contributed by atoms with Crippen molar-refractivity contribution in [3.63, 3.8) is 0 Å². The van der Waals surface area contributed by atoms with Gasteiger partial charge in [-0.15, -0.1) is 0 Å². The fraction of sp³-hybridized carbons (Fsp3) is 0.535. The van der Waals surface area contributed by atoms with Crippen LogP contribution in [0, 0.1) is 0 Å². The maximum Gasteiger partial charge on any atom is 0.306 e. The van der Waals surface area contributed by atoms with E-state index in [9.17, 15) is 14.4 Å². The number of hydrogen-bond donors (Lipinski definition) is 0. The highest BCUT2D eigenvalue weighted by molar-refractivity contribution is 5.71. The summed E-state index contributed by atoms with van der Waals surface area (Å²) in [5.41, 5.74) is 0. The first-order valence-corrected chi connectivity index (χ1v) is 30.3. The lowest BCUT2D eigenvalue weighted by atomic mass is 10.1. The SMILES string of the molecule is CC/C=C\C/C=C\C/C=C\C/C=C\C/C=C\C/C=C\C/C=C\C/C=C\CCCCCCC(=O)OCC(COC(=O)CCCCC/C=C\C/C=C\C/C=C\CC)OC(=O)CCCCCC/C=C\C/C=C\C/C=C\C/C=C\CC. The van der Waals surface area contributed by atoms with Crippen LogP contribution in [0.3, 0.4) is 0 Å². The van der Waals surface area contributed by atoms with Crippen molar-refractivity contribution >= 4 is 17.9 Å². The lowest BCUT2D eigenvalue weighted by molar-refractivity contribution is -0.167. The molecule has 0 aliphatic carbocycles. The van der Waals surface area contributed by atoms with Gasteiger partial charge in [0.05, 0.1) is 0 Å². The third-order valence-corrected chi connectivity index (χ3v) is 11.9. The van der Waals surface area contributed by atoms with Crippen LogP contribution < -0.4 is 0 Å². The van der Waals surface area contributed by atoms with Crippen LogP contribution in [0.25, 0.3) is 0 Å². The predicted octanol–water partition coefficient (Wildman–Crippen LogP) is 20.9. The fourth-order valence-electron chi connectivity index (χ4n) is 7.46. The van der Waals surface area contributed by atoms with E-state index in [0.717, 1.165) is 186 Å². The lowest BCUT2D eigenvalue weighted by Crippen LogP contribution is -2.30. The van der Waals surface area contributed by atoms with Gasteiger partial charge in [0, 0.05) is 19.3 Å². The van der Waals surface area contributed by atoms with E-state index in [-0.39, 0.29) is 37.5 Å². The average Bonchev–Trinajstić information content (AvgIpc) is 3.43. The van der Waals surface area contributed by atoms with Gasteiger partial charge in [0.25, 0.3) is 0 Å². The Morgan fingerprint density at radius 2 is 0.468 bits per heavy atom. The zero-order valence-corrected chi connectivity index (χ0v) is 48.9. The summed E-state index contributed by atoms with van der Waals surface area (Å²) in [7, 11) is 0. The first-order valence-electron chi connectivity index (χ1n) is 30.3. The molecule has 1 atom stereocenters. The van der Waals surface area contributed by atoms with Gasteiger partial charge in [-0.25, -0.2) is 0 Å². The van der Waals surface area contributed by atoms with Crippen molar-refractivity contribution in [2.45, 2.75) is 232 Å². The van der Waals surface area contributed by atoms with E-state index in [1.807, 2.05) is 0 Å². The zero-order valence-electron chi connectivity index (χ0n) is 48.9. The van der Waals surface area contributed by atoms with E-state index < -0.39 is 6.10 Å². The Bertz CT molecular complexity index is 1840. The molecule has 77 heavy (non-hydrogen) atoms. The minimum atomic E-state index is -0.825. The topological polar surface area (TPSA) is 78.9 Å². The smallest absolute Gasteiger partial charge is 0.306 e. The number of hydrogen-bond acceptors (Lipinski definition) is 6. The van der Waals surface area contributed by atoms with Crippen molar-refractivity contribution in [2.75, 3.05) is 13.2 Å². The Balaban J connectivity index is 4.47. The summed E-state index contributed by atoms with van der Waals surface area (Å²) in [6, 6.07) is 0. The molecule has 0 heterocycles. The van der Waals surface area contributed by atoms with Crippen LogP contribution in [0.15, 0.2) is 182 Å². The first-order chi connectivity index (χ1) is 38.0. The van der Waals surface area contributed by atoms with Crippen molar-refractivity contribution in [3.8, 4) is 0 Å². The monoisotopic (exact) mass is 1060 g/mol. The summed E-state index contributed by atoms with van der Waals surface area (Å²) in [4.78, 5) is 38.2. The van der Waals surface area contributed by atoms with Crippen molar-refractivity contribution < 1.29 is 28.6 Å². The van der Waals surface area contributed by atoms with Gasteiger partial charge in [0.15, 0.2) is 6.10 Å². The molecule has 1 unspecified atom stereocenters. The quantitative estimate of drug-likeness (QED) is 0.0261. The highest BCUT2D eigenvalue weighted by Crippen LogP contribution is 2.12. The molecule has 0 saturated heterocycles. The number of carbonyl (C=O) groups excluding carboxylic acids is 3. The second-order valence-electron chi connectivity index (χ2n) is 19.1. The Kier molecular flexibility index (Phi) is 58.6. The summed E-state index contributed by atoms with van der Waals surface area (Å²) >= 11 is 0. The molecule has 0 aromatic rings. The molecule has 0 aliphatic rings. The fourth-order valence-corrected chi connectivity index (χ4v) is 7.46. The van der Waals surface area contributed by atoms with Crippen LogP contribution in [-0.4, -0.2) is 37.2 Å². The van der Waals surface area contributed by atoms with Crippen LogP contribution in [0.4, 0.5) is 0 Å². The highest BCUT2D eigenvalue weighted by atomic mass is 16.6. The molecule has 6 heteroatoms. The van der Waals surface area contributed by atoms with Gasteiger partial charge < -0.3 is 14.2 Å². The number of esters is 3. The molecule has 428 valence electrons. The molecule has 0 bridgehead atoms. The van der Waals surface area contributed by atoms with Crippen LogP contribution in [-0.2, 0) is 28.6 Å². The molecule has 0 spiro atoms. The second-order valence-corrected chi connectivity index (χ2v) is 19.1. The zero-order chi connectivity index (χ0) is 55.7. The van der Waals surface area contributed by atoms with Gasteiger partial charge >= 0.3 is 17.9 Å². The first kappa shape index (κ1) is 71.5. The Morgan fingerprint density at radius 3 is 0.727 bits per heavy atom. The van der Waals surface area contributed by atoms with Gasteiger partial charge in [-0.3, -0.25) is 14.4 Å². The van der Waals surface area contributed by atoms with Gasteiger partial charge in [0.1, 0.15) is 13.2 Å². The van der Waals surface area contributed by atoms with Crippen molar-refractivity contribution in [3.05, 3.63) is 182 Å². The molecule has 0 saturated carbocycles. The normalized spacial score (nSPS) is 13.4. The van der Waals surface area contributed by atoms with E-state index in [2.05, 4.69) is 203 Å². The minimum absolute atomic E-state index is 0.121. The average molecular weight is 1060 g/mol. The lowest BCUT2D eigenvalue weighted by Gasteiger charge is -2.18. The number of unbranched alkanes of at least 4 members (excludes halogenated alkanes) is 11. The Labute approximate surface area is 472 Å². The van der Waals surface area contributed by atoms with Crippen molar-refractivity contribution in [1.29, 1.82) is 0 Å². The standard InChI is InChI=1S/C71H108O6/c1-4-7-10-13-16-19-22-25-27-29-30-31-32-33-34-35-36-37-38-39-40-42-43-46-49-52-55-58-61-64-70(73)76-67-68(66-75-69(72)63-60-57-54-51-48-45-24-21-18-15-12-9-6-3)77-71(74)65-62-59-56-53-50-47-44-41-28-26-23-20-17-14-11-8-5-2/h7-12,16-21,25-28,30-31,33-34,36-37,39-40,43-48,68H,4-6,13-15,22-24,29,32,35,38,41-42,49-67H2,1-3H3/b10-7-,11-8-,12-9-,19-16-,20-17-,21-18-,27-25-,28-26-,31-30-,34-33-,37-36-,40-39-,46-43-,47-44-,48-45-. The van der Waals surface area contributed by atoms with Gasteiger partial charge in [-0.1, -0.05) is 235 Å². The Morgan fingerprint density at radius 1 is 0.260 bits per heavy atom. The molecule has 0 N–H and O–H groups in total. The molecule has 0 fully saturated rings. The van der Waals surface area contributed by atoms with Gasteiger partial charge in [-0.05, 0) is 154 Å². The van der Waals surface area contributed by atoms with E-state index in [1.165, 1.54) is 0 Å². The maximum atomic E-state index is 12.9. The molecule has 0 aromatic heterocycles. The molecule has 6 nitrogen and oxygen atoms in total. The van der Waals surface area contributed by atoms with Crippen LogP contribution in [0.2, 0.25) is 0 Å². The van der Waals surface area contributed by atoms with Gasteiger partial charge in [-0.2, -0.15) is 0 Å². The largest absolute Gasteiger partial charge is 0.462 e. The second kappa shape index (κ2) is 63.0. The van der Waals surface area contributed by atoms with E-state index in [4.69, 9.17) is 14.2 Å². The summed E-state index contributed by atoms with van der Waals surface area (Å²) in [6.07, 6.45) is 94.6. The van der Waals surface area contributed by atoms with Crippen molar-refractivity contribution in [1.82, 2.24) is 0 Å². The van der Waals surface area contributed by atoms with E-state index in [1.54, 1.807) is 0 Å². The number of carbonyl (C=O) groups is 3. The molecule has 0 radical (unpaired) electrons. The third kappa shape index (κ3) is 61.2. The molecule has 0 aromatic carbocycles. The van der Waals surface area contributed by atoms with E-state index >= 15 is 0 Å². The predicted molar refractivity (Wildman–Crippen MR) is 334 cm³/mol. The molecular weight excluding hydrogens is 949 g/mol. The number of rotatable bonds is 52. The summed E-state index contributed by atoms with van der Waals surface area (Å²) in [5.74, 6) is -1.01. The number of allylic oxidation sites excluding steroid dienone is 30. The number of ether oxygens (including phenoxy) is 3. The van der Waals surface area contributed by atoms with Gasteiger partial charge in [0.2, 0.25) is 0 Å². The maximum absolute atomic E-state index is 12.9. The van der Waals surface area contributed by atoms with Crippen LogP contribution in [0.5, 0.6) is 0 Å². The summed E-state index contributed by atoms with van der Waals surface area (Å²) in [5, 5.41) is 0. The van der Waals surface area contributed by atoms with Crippen molar-refractivity contribution in [2.24, 2.45) is 0 Å².